The standard InChI is InChI=1S/C13H24N2O2S2/c1-5-12(10(2)3)15-19(16,17)13-7-6-11(18-13)8-9-14-4/h6-7,10,12,14-15H,5,8-9H2,1-4H3. The van der Waals surface area contributed by atoms with Gasteiger partial charge in [0.1, 0.15) is 4.21 Å². The van der Waals surface area contributed by atoms with E-state index >= 15 is 0 Å². The van der Waals surface area contributed by atoms with Gasteiger partial charge in [-0.2, -0.15) is 0 Å². The van der Waals surface area contributed by atoms with Crippen LogP contribution < -0.4 is 10.0 Å². The summed E-state index contributed by atoms with van der Waals surface area (Å²) in [5.74, 6) is 0.295. The molecular weight excluding hydrogens is 280 g/mol. The Balaban J connectivity index is 2.79. The number of likely N-dealkylation sites (N-methyl/N-ethyl adjacent to an activating group) is 1. The Kier molecular flexibility index (Phi) is 6.46. The van der Waals surface area contributed by atoms with E-state index in [1.54, 1.807) is 6.07 Å². The molecule has 4 nitrogen and oxygen atoms in total. The molecule has 0 aliphatic heterocycles. The van der Waals surface area contributed by atoms with Crippen LogP contribution in [0.1, 0.15) is 32.1 Å². The number of nitrogens with one attached hydrogen (secondary N) is 2. The highest BCUT2D eigenvalue weighted by atomic mass is 32.2. The molecule has 0 spiro atoms. The van der Waals surface area contributed by atoms with Crippen LogP contribution in [0.3, 0.4) is 0 Å². The van der Waals surface area contributed by atoms with Gasteiger partial charge < -0.3 is 5.32 Å². The number of sulfonamides is 1. The first-order valence-corrected chi connectivity index (χ1v) is 8.96. The monoisotopic (exact) mass is 304 g/mol. The quantitative estimate of drug-likeness (QED) is 0.774. The Hall–Kier alpha value is -0.430. The molecule has 1 atom stereocenters. The molecule has 0 saturated carbocycles. The second-order valence-corrected chi connectivity index (χ2v) is 8.06. The molecule has 1 unspecified atom stereocenters. The van der Waals surface area contributed by atoms with E-state index in [1.807, 2.05) is 33.9 Å². The van der Waals surface area contributed by atoms with Crippen molar-refractivity contribution in [2.75, 3.05) is 13.6 Å². The van der Waals surface area contributed by atoms with E-state index in [4.69, 9.17) is 0 Å². The molecule has 0 amide bonds. The topological polar surface area (TPSA) is 58.2 Å². The molecule has 110 valence electrons. The molecule has 1 heterocycles. The molecule has 0 aliphatic carbocycles. The lowest BCUT2D eigenvalue weighted by Gasteiger charge is -2.19. The van der Waals surface area contributed by atoms with Gasteiger partial charge in [-0.3, -0.25) is 0 Å². The minimum Gasteiger partial charge on any atom is -0.319 e. The van der Waals surface area contributed by atoms with E-state index in [1.165, 1.54) is 11.3 Å². The lowest BCUT2D eigenvalue weighted by Crippen LogP contribution is -2.37. The van der Waals surface area contributed by atoms with Gasteiger partial charge in [0.2, 0.25) is 10.0 Å². The lowest BCUT2D eigenvalue weighted by atomic mass is 10.0. The van der Waals surface area contributed by atoms with Crippen molar-refractivity contribution in [3.8, 4) is 0 Å². The van der Waals surface area contributed by atoms with Gasteiger partial charge in [0.05, 0.1) is 0 Å². The summed E-state index contributed by atoms with van der Waals surface area (Å²) in [5.41, 5.74) is 0. The van der Waals surface area contributed by atoms with Crippen LogP contribution in [-0.4, -0.2) is 28.1 Å². The van der Waals surface area contributed by atoms with Crippen molar-refractivity contribution in [3.05, 3.63) is 17.0 Å². The smallest absolute Gasteiger partial charge is 0.250 e. The van der Waals surface area contributed by atoms with Crippen LogP contribution >= 0.6 is 11.3 Å². The van der Waals surface area contributed by atoms with Crippen LogP contribution in [0.15, 0.2) is 16.3 Å². The first-order chi connectivity index (χ1) is 8.90. The third kappa shape index (κ3) is 4.87. The summed E-state index contributed by atoms with van der Waals surface area (Å²) in [5, 5.41) is 3.06. The predicted octanol–water partition coefficient (Wildman–Crippen LogP) is 2.22. The minimum atomic E-state index is -3.37. The van der Waals surface area contributed by atoms with Crippen LogP contribution in [0.5, 0.6) is 0 Å². The Morgan fingerprint density at radius 3 is 2.53 bits per heavy atom. The summed E-state index contributed by atoms with van der Waals surface area (Å²) in [4.78, 5) is 1.09. The lowest BCUT2D eigenvalue weighted by molar-refractivity contribution is 0.438. The first-order valence-electron chi connectivity index (χ1n) is 6.66. The number of hydrogen-bond donors (Lipinski definition) is 2. The summed E-state index contributed by atoms with van der Waals surface area (Å²) < 4.78 is 27.8. The van der Waals surface area contributed by atoms with Gasteiger partial charge in [-0.05, 0) is 44.5 Å². The Labute approximate surface area is 120 Å². The van der Waals surface area contributed by atoms with Crippen LogP contribution in [0, 0.1) is 5.92 Å². The molecule has 1 rings (SSSR count). The van der Waals surface area contributed by atoms with Crippen LogP contribution in [0.4, 0.5) is 0 Å². The average Bonchev–Trinajstić information content (AvgIpc) is 2.82. The van der Waals surface area contributed by atoms with Crippen LogP contribution in [-0.2, 0) is 16.4 Å². The molecule has 0 saturated heterocycles. The zero-order valence-corrected chi connectivity index (χ0v) is 13.7. The molecule has 19 heavy (non-hydrogen) atoms. The second kappa shape index (κ2) is 7.38. The van der Waals surface area contributed by atoms with Gasteiger partial charge >= 0.3 is 0 Å². The maximum absolute atomic E-state index is 12.3. The van der Waals surface area contributed by atoms with Gasteiger partial charge in [0, 0.05) is 10.9 Å². The maximum Gasteiger partial charge on any atom is 0.250 e. The van der Waals surface area contributed by atoms with Crippen molar-refractivity contribution in [1.82, 2.24) is 10.0 Å². The minimum absolute atomic E-state index is 0.00661. The molecular formula is C13H24N2O2S2. The average molecular weight is 304 g/mol. The van der Waals surface area contributed by atoms with Crippen LogP contribution in [0.25, 0.3) is 0 Å². The van der Waals surface area contributed by atoms with E-state index < -0.39 is 10.0 Å². The van der Waals surface area contributed by atoms with Gasteiger partial charge in [0.15, 0.2) is 0 Å². The fourth-order valence-electron chi connectivity index (χ4n) is 1.83. The third-order valence-corrected chi connectivity index (χ3v) is 6.20. The van der Waals surface area contributed by atoms with Crippen LogP contribution in [0.2, 0.25) is 0 Å². The first kappa shape index (κ1) is 16.6. The van der Waals surface area contributed by atoms with Crippen molar-refractivity contribution >= 4 is 21.4 Å². The van der Waals surface area contributed by atoms with Gasteiger partial charge in [-0.1, -0.05) is 20.8 Å². The van der Waals surface area contributed by atoms with E-state index in [0.29, 0.717) is 10.1 Å². The fourth-order valence-corrected chi connectivity index (χ4v) is 4.67. The Bertz CT molecular complexity index is 481. The highest BCUT2D eigenvalue weighted by molar-refractivity contribution is 7.91. The largest absolute Gasteiger partial charge is 0.319 e. The summed E-state index contributed by atoms with van der Waals surface area (Å²) in [6, 6.07) is 3.59. The van der Waals surface area contributed by atoms with Crippen molar-refractivity contribution < 1.29 is 8.42 Å². The molecule has 2 N–H and O–H groups in total. The molecule has 0 radical (unpaired) electrons. The van der Waals surface area contributed by atoms with E-state index in [-0.39, 0.29) is 6.04 Å². The summed E-state index contributed by atoms with van der Waals surface area (Å²) in [6.07, 6.45) is 1.66. The molecule has 6 heteroatoms. The van der Waals surface area contributed by atoms with Crippen molar-refractivity contribution in [2.24, 2.45) is 5.92 Å². The summed E-state index contributed by atoms with van der Waals surface area (Å²) in [6.45, 7) is 6.92. The van der Waals surface area contributed by atoms with E-state index in [2.05, 4.69) is 10.0 Å². The second-order valence-electron chi connectivity index (χ2n) is 4.95. The highest BCUT2D eigenvalue weighted by Gasteiger charge is 2.22. The predicted molar refractivity (Wildman–Crippen MR) is 81.2 cm³/mol. The van der Waals surface area contributed by atoms with Gasteiger partial charge in [-0.15, -0.1) is 11.3 Å². The number of rotatable bonds is 8. The SMILES string of the molecule is CCC(NS(=O)(=O)c1ccc(CCNC)s1)C(C)C. The molecule has 1 aromatic heterocycles. The highest BCUT2D eigenvalue weighted by Crippen LogP contribution is 2.23. The molecule has 0 aliphatic rings. The van der Waals surface area contributed by atoms with Crippen molar-refractivity contribution in [1.29, 1.82) is 0 Å². The van der Waals surface area contributed by atoms with E-state index in [9.17, 15) is 8.42 Å². The molecule has 0 fully saturated rings. The summed E-state index contributed by atoms with van der Waals surface area (Å²) >= 11 is 1.35. The number of hydrogen-bond acceptors (Lipinski definition) is 4. The third-order valence-electron chi connectivity index (χ3n) is 3.07. The van der Waals surface area contributed by atoms with Gasteiger partial charge in [0.25, 0.3) is 0 Å². The zero-order chi connectivity index (χ0) is 14.5. The van der Waals surface area contributed by atoms with Crippen molar-refractivity contribution in [2.45, 2.75) is 43.9 Å². The maximum atomic E-state index is 12.3. The number of thiophene rings is 1. The zero-order valence-electron chi connectivity index (χ0n) is 12.1. The fraction of sp³-hybridized carbons (Fsp3) is 0.692. The Morgan fingerprint density at radius 2 is 2.00 bits per heavy atom. The summed E-state index contributed by atoms with van der Waals surface area (Å²) in [7, 11) is -1.48. The van der Waals surface area contributed by atoms with E-state index in [0.717, 1.165) is 24.3 Å². The molecule has 0 aromatic carbocycles. The molecule has 0 bridgehead atoms. The van der Waals surface area contributed by atoms with Crippen molar-refractivity contribution in [3.63, 3.8) is 0 Å². The normalized spacial score (nSPS) is 13.9. The molecule has 1 aromatic rings. The van der Waals surface area contributed by atoms with Gasteiger partial charge in [-0.25, -0.2) is 13.1 Å². The Morgan fingerprint density at radius 1 is 1.32 bits per heavy atom.